The highest BCUT2D eigenvalue weighted by atomic mass is 19.1. The Balaban J connectivity index is 1.79. The third kappa shape index (κ3) is 5.86. The predicted molar refractivity (Wildman–Crippen MR) is 133 cm³/mol. The lowest BCUT2D eigenvalue weighted by molar-refractivity contribution is -0.139. The minimum absolute atomic E-state index is 0.177. The number of nitrogens with zero attached hydrogens (tertiary/aromatic N) is 1. The highest BCUT2D eigenvalue weighted by molar-refractivity contribution is 6.30. The van der Waals surface area contributed by atoms with E-state index in [1.54, 1.807) is 30.2 Å². The van der Waals surface area contributed by atoms with Crippen LogP contribution in [0.4, 0.5) is 10.1 Å². The number of hydrogen-bond acceptors (Lipinski definition) is 5. The van der Waals surface area contributed by atoms with Crippen molar-refractivity contribution < 1.29 is 18.7 Å². The van der Waals surface area contributed by atoms with E-state index in [9.17, 15) is 14.0 Å². The fraction of sp³-hybridized carbons (Fsp3) is 0.385. The van der Waals surface area contributed by atoms with E-state index in [-0.39, 0.29) is 31.1 Å². The smallest absolute Gasteiger partial charge is 0.237 e. The Morgan fingerprint density at radius 3 is 2.82 bits per heavy atom. The molecule has 1 aliphatic rings. The van der Waals surface area contributed by atoms with Crippen molar-refractivity contribution in [2.24, 2.45) is 0 Å². The van der Waals surface area contributed by atoms with E-state index in [2.05, 4.69) is 24.1 Å². The standard InChI is InChI=1S/C26H31BFN3O3/c1-4-6-14-34-20-10-11-22(28)19(15-20)16-29-23-9-7-8-18(5-2)21(23)17-31(3)26(27)13-12-24(32)30-25(26)33/h5,7-11,15,29H,2,4,6,12-14,16-17H2,1,3H3,(H,30,32,33). The molecule has 2 N–H and O–H groups in total. The number of anilines is 1. The molecule has 2 aromatic rings. The van der Waals surface area contributed by atoms with Gasteiger partial charge in [-0.1, -0.05) is 38.1 Å². The van der Waals surface area contributed by atoms with Gasteiger partial charge in [0.1, 0.15) is 19.4 Å². The molecule has 2 radical (unpaired) electrons. The Morgan fingerprint density at radius 2 is 2.12 bits per heavy atom. The summed E-state index contributed by atoms with van der Waals surface area (Å²) < 4.78 is 20.2. The lowest BCUT2D eigenvalue weighted by Gasteiger charge is -2.41. The van der Waals surface area contributed by atoms with Crippen LogP contribution in [-0.4, -0.2) is 43.7 Å². The summed E-state index contributed by atoms with van der Waals surface area (Å²) in [5.74, 6) is -0.525. The molecule has 6 nitrogen and oxygen atoms in total. The van der Waals surface area contributed by atoms with Crippen LogP contribution in [0, 0.1) is 5.82 Å². The molecule has 0 aromatic heterocycles. The Morgan fingerprint density at radius 1 is 1.32 bits per heavy atom. The summed E-state index contributed by atoms with van der Waals surface area (Å²) in [6.45, 7) is 7.14. The summed E-state index contributed by atoms with van der Waals surface area (Å²) >= 11 is 0. The molecule has 34 heavy (non-hydrogen) atoms. The molecule has 178 valence electrons. The highest BCUT2D eigenvalue weighted by Crippen LogP contribution is 2.29. The zero-order valence-corrected chi connectivity index (χ0v) is 19.8. The number of piperidine rings is 1. The van der Waals surface area contributed by atoms with Crippen molar-refractivity contribution in [1.29, 1.82) is 0 Å². The van der Waals surface area contributed by atoms with Crippen molar-refractivity contribution in [2.45, 2.75) is 51.1 Å². The fourth-order valence-electron chi connectivity index (χ4n) is 3.90. The van der Waals surface area contributed by atoms with Gasteiger partial charge in [0.2, 0.25) is 11.8 Å². The maximum absolute atomic E-state index is 14.5. The SMILES string of the molecule is [B]C1(N(C)Cc2c(C=C)cccc2NCc2cc(OCCCC)ccc2F)CCC(=O)NC1=O. The number of hydrogen-bond donors (Lipinski definition) is 2. The number of ether oxygens (including phenoxy) is 1. The first-order chi connectivity index (χ1) is 16.3. The van der Waals surface area contributed by atoms with Gasteiger partial charge >= 0.3 is 0 Å². The molecule has 1 aliphatic heterocycles. The maximum atomic E-state index is 14.5. The predicted octanol–water partition coefficient (Wildman–Crippen LogP) is 3.99. The number of amides is 2. The summed E-state index contributed by atoms with van der Waals surface area (Å²) in [5, 5.41) is 5.64. The molecule has 0 spiro atoms. The number of rotatable bonds is 11. The van der Waals surface area contributed by atoms with Crippen LogP contribution in [0.15, 0.2) is 43.0 Å². The van der Waals surface area contributed by atoms with Crippen molar-refractivity contribution in [3.63, 3.8) is 0 Å². The zero-order chi connectivity index (χ0) is 24.7. The van der Waals surface area contributed by atoms with E-state index in [1.165, 1.54) is 6.07 Å². The van der Waals surface area contributed by atoms with Gasteiger partial charge in [-0.05, 0) is 55.3 Å². The minimum atomic E-state index is -1.31. The van der Waals surface area contributed by atoms with Crippen LogP contribution in [0.3, 0.4) is 0 Å². The molecule has 1 unspecified atom stereocenters. The van der Waals surface area contributed by atoms with Crippen molar-refractivity contribution in [3.05, 3.63) is 65.5 Å². The average molecular weight is 463 g/mol. The van der Waals surface area contributed by atoms with E-state index < -0.39 is 11.3 Å². The first-order valence-corrected chi connectivity index (χ1v) is 11.5. The molecule has 1 saturated heterocycles. The first kappa shape index (κ1) is 25.5. The number of likely N-dealkylation sites (N-methyl/N-ethyl adjacent to an activating group) is 1. The minimum Gasteiger partial charge on any atom is -0.494 e. The van der Waals surface area contributed by atoms with Crippen LogP contribution in [0.2, 0.25) is 0 Å². The second-order valence-corrected chi connectivity index (χ2v) is 8.54. The number of benzene rings is 2. The van der Waals surface area contributed by atoms with Gasteiger partial charge in [-0.15, -0.1) is 0 Å². The topological polar surface area (TPSA) is 70.7 Å². The quantitative estimate of drug-likeness (QED) is 0.300. The summed E-state index contributed by atoms with van der Waals surface area (Å²) in [6, 6.07) is 10.4. The zero-order valence-electron chi connectivity index (χ0n) is 19.8. The van der Waals surface area contributed by atoms with E-state index in [4.69, 9.17) is 12.6 Å². The second-order valence-electron chi connectivity index (χ2n) is 8.54. The van der Waals surface area contributed by atoms with Crippen molar-refractivity contribution in [1.82, 2.24) is 10.2 Å². The third-order valence-corrected chi connectivity index (χ3v) is 6.14. The molecular weight excluding hydrogens is 432 g/mol. The number of imide groups is 1. The normalized spacial score (nSPS) is 18.0. The lowest BCUT2D eigenvalue weighted by atomic mass is 9.70. The van der Waals surface area contributed by atoms with Gasteiger partial charge in [0.25, 0.3) is 0 Å². The van der Waals surface area contributed by atoms with Gasteiger partial charge < -0.3 is 10.1 Å². The summed E-state index contributed by atoms with van der Waals surface area (Å²) in [7, 11) is 8.15. The molecule has 1 atom stereocenters. The Bertz CT molecular complexity index is 1060. The van der Waals surface area contributed by atoms with Crippen LogP contribution in [0.25, 0.3) is 6.08 Å². The fourth-order valence-corrected chi connectivity index (χ4v) is 3.90. The number of carbonyl (C=O) groups is 2. The summed E-state index contributed by atoms with van der Waals surface area (Å²) in [4.78, 5) is 25.8. The van der Waals surface area contributed by atoms with Crippen LogP contribution < -0.4 is 15.4 Å². The Kier molecular flexibility index (Phi) is 8.50. The molecule has 0 saturated carbocycles. The van der Waals surface area contributed by atoms with Crippen LogP contribution >= 0.6 is 0 Å². The third-order valence-electron chi connectivity index (χ3n) is 6.14. The largest absolute Gasteiger partial charge is 0.494 e. The Hall–Kier alpha value is -3.13. The van der Waals surface area contributed by atoms with E-state index in [0.717, 1.165) is 29.7 Å². The molecule has 1 heterocycles. The van der Waals surface area contributed by atoms with Gasteiger partial charge in [-0.3, -0.25) is 19.8 Å². The van der Waals surface area contributed by atoms with Crippen LogP contribution in [0.1, 0.15) is 49.3 Å². The maximum Gasteiger partial charge on any atom is 0.237 e. The number of halogens is 1. The lowest BCUT2D eigenvalue weighted by Crippen LogP contribution is -2.62. The van der Waals surface area contributed by atoms with E-state index >= 15 is 0 Å². The van der Waals surface area contributed by atoms with Crippen molar-refractivity contribution in [3.8, 4) is 5.75 Å². The molecule has 2 aromatic carbocycles. The summed E-state index contributed by atoms with van der Waals surface area (Å²) in [6.07, 6.45) is 4.09. The van der Waals surface area contributed by atoms with Gasteiger partial charge in [0, 0.05) is 30.8 Å². The molecule has 0 bridgehead atoms. The average Bonchev–Trinajstić information content (AvgIpc) is 2.82. The van der Waals surface area contributed by atoms with Gasteiger partial charge in [-0.25, -0.2) is 4.39 Å². The van der Waals surface area contributed by atoms with Gasteiger partial charge in [0.05, 0.1) is 12.0 Å². The van der Waals surface area contributed by atoms with Crippen LogP contribution in [-0.2, 0) is 22.7 Å². The van der Waals surface area contributed by atoms with Crippen molar-refractivity contribution in [2.75, 3.05) is 19.0 Å². The molecule has 1 fully saturated rings. The Labute approximate surface area is 202 Å². The van der Waals surface area contributed by atoms with Crippen molar-refractivity contribution >= 4 is 31.4 Å². The molecule has 0 aliphatic carbocycles. The first-order valence-electron chi connectivity index (χ1n) is 11.5. The van der Waals surface area contributed by atoms with E-state index in [0.29, 0.717) is 24.5 Å². The van der Waals surface area contributed by atoms with Gasteiger partial charge in [-0.2, -0.15) is 0 Å². The highest BCUT2D eigenvalue weighted by Gasteiger charge is 2.41. The molecule has 8 heteroatoms. The van der Waals surface area contributed by atoms with E-state index in [1.807, 2.05) is 18.2 Å². The van der Waals surface area contributed by atoms with Gasteiger partial charge in [0.15, 0.2) is 0 Å². The molecule has 3 rings (SSSR count). The number of unbranched alkanes of at least 4 members (excludes halogenated alkanes) is 1. The van der Waals surface area contributed by atoms with Crippen LogP contribution in [0.5, 0.6) is 5.75 Å². The second kappa shape index (κ2) is 11.3. The molecular formula is C26H31BFN3O3. The summed E-state index contributed by atoms with van der Waals surface area (Å²) in [5.41, 5.74) is 1.68. The monoisotopic (exact) mass is 463 g/mol. The number of nitrogens with one attached hydrogen (secondary N) is 2. The number of carbonyl (C=O) groups excluding carboxylic acids is 2. The molecule has 2 amide bonds.